The summed E-state index contributed by atoms with van der Waals surface area (Å²) in [5.41, 5.74) is 5.34. The second-order valence-electron chi connectivity index (χ2n) is 12.1. The van der Waals surface area contributed by atoms with Gasteiger partial charge in [-0.05, 0) is 38.5 Å². The minimum absolute atomic E-state index is 0.0944. The zero-order valence-electron chi connectivity index (χ0n) is 28.7. The van der Waals surface area contributed by atoms with Crippen LogP contribution in [-0.2, 0) is 27.9 Å². The number of ether oxygens (including phenoxy) is 2. The fraction of sp³-hybridized carbons (Fsp3) is 0.914. The van der Waals surface area contributed by atoms with Crippen LogP contribution in [-0.4, -0.2) is 49.9 Å². The molecule has 8 nitrogen and oxygen atoms in total. The first-order valence-electron chi connectivity index (χ1n) is 18.2. The molecule has 0 rings (SSSR count). The van der Waals surface area contributed by atoms with E-state index in [4.69, 9.17) is 24.3 Å². The van der Waals surface area contributed by atoms with Gasteiger partial charge in [0.25, 0.3) is 0 Å². The maximum atomic E-state index is 12.5. The molecule has 262 valence electrons. The lowest BCUT2D eigenvalue weighted by molar-refractivity contribution is -0.154. The lowest BCUT2D eigenvalue weighted by Crippen LogP contribution is -2.28. The first-order chi connectivity index (χ1) is 21.4. The van der Waals surface area contributed by atoms with Gasteiger partial charge in [-0.15, -0.1) is 0 Å². The lowest BCUT2D eigenvalue weighted by atomic mass is 10.1. The highest BCUT2D eigenvalue weighted by molar-refractivity contribution is 7.47. The fourth-order valence-electron chi connectivity index (χ4n) is 4.99. The topological polar surface area (TPSA) is 117 Å². The summed E-state index contributed by atoms with van der Waals surface area (Å²) in [6.07, 6.45) is 32.2. The van der Waals surface area contributed by atoms with Gasteiger partial charge in [0.1, 0.15) is 6.10 Å². The maximum Gasteiger partial charge on any atom is 0.472 e. The molecule has 0 fully saturated rings. The number of nitrogens with two attached hydrogens (primary N) is 1. The third-order valence-electron chi connectivity index (χ3n) is 7.68. The highest BCUT2D eigenvalue weighted by Crippen LogP contribution is 2.43. The summed E-state index contributed by atoms with van der Waals surface area (Å²) >= 11 is 0. The molecule has 2 atom stereocenters. The molecule has 0 aliphatic rings. The molecule has 0 aromatic carbocycles. The second kappa shape index (κ2) is 33.6. The van der Waals surface area contributed by atoms with E-state index in [2.05, 4.69) is 26.0 Å². The van der Waals surface area contributed by atoms with Gasteiger partial charge >= 0.3 is 13.8 Å². The molecular formula is C35H70NO7P. The molecule has 9 heteroatoms. The van der Waals surface area contributed by atoms with Gasteiger partial charge in [-0.25, -0.2) is 4.57 Å². The predicted octanol–water partition coefficient (Wildman–Crippen LogP) is 9.97. The van der Waals surface area contributed by atoms with E-state index < -0.39 is 13.9 Å². The zero-order valence-corrected chi connectivity index (χ0v) is 29.6. The number of hydrogen-bond donors (Lipinski definition) is 2. The van der Waals surface area contributed by atoms with Crippen LogP contribution in [0.3, 0.4) is 0 Å². The third-order valence-corrected chi connectivity index (χ3v) is 8.67. The molecule has 0 saturated carbocycles. The second-order valence-corrected chi connectivity index (χ2v) is 13.5. The molecule has 0 heterocycles. The van der Waals surface area contributed by atoms with Gasteiger partial charge in [0.05, 0.1) is 19.8 Å². The number of unbranched alkanes of at least 4 members (excludes halogenated alkanes) is 20. The number of phosphoric acid groups is 1. The molecule has 0 bridgehead atoms. The first-order valence-corrected chi connectivity index (χ1v) is 19.7. The van der Waals surface area contributed by atoms with Gasteiger partial charge < -0.3 is 20.1 Å². The van der Waals surface area contributed by atoms with Gasteiger partial charge in [0, 0.05) is 19.6 Å². The van der Waals surface area contributed by atoms with Crippen molar-refractivity contribution in [2.24, 2.45) is 5.73 Å². The van der Waals surface area contributed by atoms with Crippen molar-refractivity contribution in [1.82, 2.24) is 0 Å². The Bertz CT molecular complexity index is 692. The van der Waals surface area contributed by atoms with Crippen molar-refractivity contribution in [3.8, 4) is 0 Å². The smallest absolute Gasteiger partial charge is 0.457 e. The number of phosphoric ester groups is 1. The molecule has 44 heavy (non-hydrogen) atoms. The Hall–Kier alpha value is -0.760. The summed E-state index contributed by atoms with van der Waals surface area (Å²) in [5, 5.41) is 0. The quantitative estimate of drug-likeness (QED) is 0.0302. The molecule has 0 radical (unpaired) electrons. The number of esters is 1. The number of hydrogen-bond acceptors (Lipinski definition) is 7. The maximum absolute atomic E-state index is 12.5. The lowest BCUT2D eigenvalue weighted by Gasteiger charge is -2.20. The number of carbonyl (C=O) groups is 1. The van der Waals surface area contributed by atoms with E-state index in [1.807, 2.05) is 0 Å². The van der Waals surface area contributed by atoms with E-state index in [0.717, 1.165) is 44.9 Å². The van der Waals surface area contributed by atoms with Gasteiger partial charge in [-0.2, -0.15) is 0 Å². The van der Waals surface area contributed by atoms with Crippen molar-refractivity contribution >= 4 is 13.8 Å². The molecule has 0 spiro atoms. The summed E-state index contributed by atoms with van der Waals surface area (Å²) in [7, 11) is -4.26. The van der Waals surface area contributed by atoms with Crippen LogP contribution in [0.25, 0.3) is 0 Å². The Labute approximate surface area is 271 Å². The van der Waals surface area contributed by atoms with Gasteiger partial charge in [-0.3, -0.25) is 13.8 Å². The average Bonchev–Trinajstić information content (AvgIpc) is 3.01. The predicted molar refractivity (Wildman–Crippen MR) is 183 cm³/mol. The Kier molecular flexibility index (Phi) is 33.0. The number of carbonyl (C=O) groups excluding carboxylic acids is 1. The van der Waals surface area contributed by atoms with E-state index in [-0.39, 0.29) is 32.3 Å². The van der Waals surface area contributed by atoms with Crippen LogP contribution in [0.5, 0.6) is 0 Å². The van der Waals surface area contributed by atoms with E-state index in [9.17, 15) is 14.3 Å². The van der Waals surface area contributed by atoms with Crippen LogP contribution < -0.4 is 5.73 Å². The standard InChI is InChI=1S/C35H70NO7P/c1-3-5-7-9-11-13-14-15-16-17-18-19-20-22-24-26-28-35(37)43-34(33-42-44(38,39)41-31-29-36)32-40-30-27-25-23-21-12-10-8-6-4-2/h16-17,34H,3-15,18-33,36H2,1-2H3,(H,38,39)/b17-16-. The van der Waals surface area contributed by atoms with Gasteiger partial charge in [0.15, 0.2) is 0 Å². The summed E-state index contributed by atoms with van der Waals surface area (Å²) in [4.78, 5) is 22.3. The van der Waals surface area contributed by atoms with E-state index >= 15 is 0 Å². The van der Waals surface area contributed by atoms with Crippen LogP contribution >= 0.6 is 7.82 Å². The van der Waals surface area contributed by atoms with Crippen LogP contribution in [0.2, 0.25) is 0 Å². The molecule has 3 N–H and O–H groups in total. The molecule has 0 aliphatic carbocycles. The Morgan fingerprint density at radius 1 is 0.659 bits per heavy atom. The van der Waals surface area contributed by atoms with Crippen molar-refractivity contribution < 1.29 is 32.8 Å². The summed E-state index contributed by atoms with van der Waals surface area (Å²) in [6.45, 7) is 4.90. The monoisotopic (exact) mass is 647 g/mol. The highest BCUT2D eigenvalue weighted by Gasteiger charge is 2.25. The number of rotatable bonds is 35. The SMILES string of the molecule is CCCCCCCCC/C=C\CCCCCCCC(=O)OC(COCCCCCCCCCCC)COP(=O)(O)OCCN. The van der Waals surface area contributed by atoms with Crippen molar-refractivity contribution in [2.45, 2.75) is 174 Å². The molecule has 2 unspecified atom stereocenters. The highest BCUT2D eigenvalue weighted by atomic mass is 31.2. The fourth-order valence-corrected chi connectivity index (χ4v) is 5.76. The molecular weight excluding hydrogens is 577 g/mol. The Morgan fingerprint density at radius 2 is 1.14 bits per heavy atom. The van der Waals surface area contributed by atoms with E-state index in [0.29, 0.717) is 13.0 Å². The van der Waals surface area contributed by atoms with E-state index in [1.165, 1.54) is 103 Å². The summed E-state index contributed by atoms with van der Waals surface area (Å²) < 4.78 is 33.2. The van der Waals surface area contributed by atoms with Crippen LogP contribution in [0.1, 0.15) is 168 Å². The van der Waals surface area contributed by atoms with Gasteiger partial charge in [0.2, 0.25) is 0 Å². The summed E-state index contributed by atoms with van der Waals surface area (Å²) in [5.74, 6) is -0.339. The molecule has 0 aromatic rings. The Balaban J connectivity index is 4.08. The minimum Gasteiger partial charge on any atom is -0.457 e. The minimum atomic E-state index is -4.26. The van der Waals surface area contributed by atoms with Crippen molar-refractivity contribution in [3.05, 3.63) is 12.2 Å². The van der Waals surface area contributed by atoms with E-state index in [1.54, 1.807) is 0 Å². The van der Waals surface area contributed by atoms with Crippen molar-refractivity contribution in [1.29, 1.82) is 0 Å². The van der Waals surface area contributed by atoms with Crippen LogP contribution in [0, 0.1) is 0 Å². The Morgan fingerprint density at radius 3 is 1.66 bits per heavy atom. The van der Waals surface area contributed by atoms with Crippen molar-refractivity contribution in [2.75, 3.05) is 33.0 Å². The van der Waals surface area contributed by atoms with Crippen LogP contribution in [0.4, 0.5) is 0 Å². The average molecular weight is 648 g/mol. The third kappa shape index (κ3) is 32.6. The molecule has 0 saturated heterocycles. The largest absolute Gasteiger partial charge is 0.472 e. The first kappa shape index (κ1) is 43.2. The zero-order chi connectivity index (χ0) is 32.4. The molecule has 0 aliphatic heterocycles. The van der Waals surface area contributed by atoms with Crippen molar-refractivity contribution in [3.63, 3.8) is 0 Å². The van der Waals surface area contributed by atoms with Gasteiger partial charge in [-0.1, -0.05) is 135 Å². The number of allylic oxidation sites excluding steroid dienone is 2. The normalized spacial score (nSPS) is 13.8. The van der Waals surface area contributed by atoms with Crippen LogP contribution in [0.15, 0.2) is 12.2 Å². The molecule has 0 amide bonds. The summed E-state index contributed by atoms with van der Waals surface area (Å²) in [6, 6.07) is 0. The molecule has 0 aromatic heterocycles.